The SMILES string of the molecule is Cc1nn2c(ncc3c(=O)n([C@@H]4CCC[C@@H](C)[C@@H]4C)ccc32)c1-c1ccccc1. The summed E-state index contributed by atoms with van der Waals surface area (Å²) in [7, 11) is 0. The van der Waals surface area contributed by atoms with Gasteiger partial charge in [0.25, 0.3) is 5.56 Å². The Balaban J connectivity index is 1.70. The Kier molecular flexibility index (Phi) is 4.26. The van der Waals surface area contributed by atoms with Gasteiger partial charge in [-0.3, -0.25) is 4.79 Å². The fraction of sp³-hybridized carbons (Fsp3) is 0.375. The minimum Gasteiger partial charge on any atom is -0.311 e. The summed E-state index contributed by atoms with van der Waals surface area (Å²) in [4.78, 5) is 18.0. The molecule has 1 aliphatic carbocycles. The van der Waals surface area contributed by atoms with Gasteiger partial charge in [0, 0.05) is 24.0 Å². The second kappa shape index (κ2) is 6.83. The van der Waals surface area contributed by atoms with Crippen LogP contribution in [0.25, 0.3) is 27.7 Å². The van der Waals surface area contributed by atoms with Crippen LogP contribution in [0.15, 0.2) is 53.6 Å². The number of aromatic nitrogens is 4. The van der Waals surface area contributed by atoms with E-state index in [0.717, 1.165) is 34.4 Å². The smallest absolute Gasteiger partial charge is 0.261 e. The summed E-state index contributed by atoms with van der Waals surface area (Å²) in [6.07, 6.45) is 7.18. The van der Waals surface area contributed by atoms with Gasteiger partial charge in [-0.1, -0.05) is 57.0 Å². The first kappa shape index (κ1) is 18.1. The molecule has 0 saturated heterocycles. The lowest BCUT2D eigenvalue weighted by Gasteiger charge is -2.35. The van der Waals surface area contributed by atoms with Crippen molar-refractivity contribution in [2.45, 2.75) is 46.1 Å². The topological polar surface area (TPSA) is 52.2 Å². The van der Waals surface area contributed by atoms with Crippen LogP contribution >= 0.6 is 0 Å². The van der Waals surface area contributed by atoms with Crippen LogP contribution < -0.4 is 5.56 Å². The molecule has 0 bridgehead atoms. The van der Waals surface area contributed by atoms with E-state index in [2.05, 4.69) is 31.0 Å². The Bertz CT molecular complexity index is 1250. The van der Waals surface area contributed by atoms with E-state index in [1.807, 2.05) is 46.5 Å². The number of aryl methyl sites for hydroxylation is 1. The highest BCUT2D eigenvalue weighted by molar-refractivity contribution is 5.86. The minimum absolute atomic E-state index is 0.0391. The van der Waals surface area contributed by atoms with Crippen molar-refractivity contribution < 1.29 is 0 Å². The van der Waals surface area contributed by atoms with Crippen molar-refractivity contribution in [2.24, 2.45) is 11.8 Å². The third-order valence-electron chi connectivity index (χ3n) is 6.80. The Labute approximate surface area is 170 Å². The Morgan fingerprint density at radius 1 is 1.07 bits per heavy atom. The fourth-order valence-corrected chi connectivity index (χ4v) is 4.94. The molecular weight excluding hydrogens is 360 g/mol. The van der Waals surface area contributed by atoms with E-state index >= 15 is 0 Å². The number of pyridine rings is 1. The third kappa shape index (κ3) is 2.79. The van der Waals surface area contributed by atoms with Gasteiger partial charge in [-0.05, 0) is 36.8 Å². The summed E-state index contributed by atoms with van der Waals surface area (Å²) < 4.78 is 3.76. The van der Waals surface area contributed by atoms with E-state index in [9.17, 15) is 4.79 Å². The molecule has 0 N–H and O–H groups in total. The van der Waals surface area contributed by atoms with Gasteiger partial charge in [-0.2, -0.15) is 5.10 Å². The van der Waals surface area contributed by atoms with E-state index in [-0.39, 0.29) is 11.6 Å². The predicted octanol–water partition coefficient (Wildman–Crippen LogP) is 5.02. The van der Waals surface area contributed by atoms with Gasteiger partial charge in [0.2, 0.25) is 0 Å². The molecule has 5 rings (SSSR count). The molecule has 29 heavy (non-hydrogen) atoms. The lowest BCUT2D eigenvalue weighted by atomic mass is 9.78. The number of hydrogen-bond donors (Lipinski definition) is 0. The summed E-state index contributed by atoms with van der Waals surface area (Å²) in [5.74, 6) is 1.13. The quantitative estimate of drug-likeness (QED) is 0.486. The van der Waals surface area contributed by atoms with Gasteiger partial charge in [-0.25, -0.2) is 9.50 Å². The predicted molar refractivity (Wildman–Crippen MR) is 116 cm³/mol. The highest BCUT2D eigenvalue weighted by atomic mass is 16.1. The monoisotopic (exact) mass is 386 g/mol. The van der Waals surface area contributed by atoms with Gasteiger partial charge in [0.1, 0.15) is 0 Å². The molecule has 0 radical (unpaired) electrons. The van der Waals surface area contributed by atoms with Crippen LogP contribution in [0.5, 0.6) is 0 Å². The molecule has 1 aliphatic rings. The summed E-state index contributed by atoms with van der Waals surface area (Å²) in [5.41, 5.74) is 4.67. The van der Waals surface area contributed by atoms with Crippen LogP contribution in [-0.2, 0) is 0 Å². The van der Waals surface area contributed by atoms with Crippen molar-refractivity contribution in [3.05, 3.63) is 64.8 Å². The average Bonchev–Trinajstić information content (AvgIpc) is 3.07. The Morgan fingerprint density at radius 2 is 1.86 bits per heavy atom. The van der Waals surface area contributed by atoms with Crippen LogP contribution in [0.1, 0.15) is 44.8 Å². The molecule has 1 saturated carbocycles. The van der Waals surface area contributed by atoms with Crippen molar-refractivity contribution in [2.75, 3.05) is 0 Å². The van der Waals surface area contributed by atoms with Gasteiger partial charge in [0.05, 0.1) is 16.6 Å². The number of rotatable bonds is 2. The van der Waals surface area contributed by atoms with Gasteiger partial charge < -0.3 is 4.57 Å². The number of nitrogens with zero attached hydrogens (tertiary/aromatic N) is 4. The van der Waals surface area contributed by atoms with Crippen LogP contribution in [0.4, 0.5) is 0 Å². The average molecular weight is 386 g/mol. The first-order valence-corrected chi connectivity index (χ1v) is 10.5. The molecule has 0 amide bonds. The van der Waals surface area contributed by atoms with Crippen LogP contribution in [-0.4, -0.2) is 19.2 Å². The van der Waals surface area contributed by atoms with Crippen molar-refractivity contribution in [1.82, 2.24) is 19.2 Å². The molecule has 3 aromatic heterocycles. The highest BCUT2D eigenvalue weighted by Crippen LogP contribution is 2.37. The molecule has 3 atom stereocenters. The summed E-state index contributed by atoms with van der Waals surface area (Å²) in [5, 5.41) is 5.37. The number of benzene rings is 1. The molecule has 0 spiro atoms. The molecule has 1 aromatic carbocycles. The van der Waals surface area contributed by atoms with Crippen molar-refractivity contribution in [3.8, 4) is 11.1 Å². The number of fused-ring (bicyclic) bond motifs is 3. The zero-order valence-corrected chi connectivity index (χ0v) is 17.2. The highest BCUT2D eigenvalue weighted by Gasteiger charge is 2.29. The summed E-state index contributed by atoms with van der Waals surface area (Å²) in [6.45, 7) is 6.57. The Hall–Kier alpha value is -2.95. The summed E-state index contributed by atoms with van der Waals surface area (Å²) >= 11 is 0. The van der Waals surface area contributed by atoms with Gasteiger partial charge in [-0.15, -0.1) is 0 Å². The lowest BCUT2D eigenvalue weighted by Crippen LogP contribution is -2.33. The van der Waals surface area contributed by atoms with Crippen molar-refractivity contribution in [3.63, 3.8) is 0 Å². The maximum atomic E-state index is 13.4. The lowest BCUT2D eigenvalue weighted by molar-refractivity contribution is 0.183. The largest absolute Gasteiger partial charge is 0.311 e. The molecule has 0 unspecified atom stereocenters. The third-order valence-corrected chi connectivity index (χ3v) is 6.80. The van der Waals surface area contributed by atoms with Gasteiger partial charge in [0.15, 0.2) is 5.65 Å². The van der Waals surface area contributed by atoms with Crippen LogP contribution in [0.3, 0.4) is 0 Å². The second-order valence-electron chi connectivity index (χ2n) is 8.48. The minimum atomic E-state index is 0.0391. The Morgan fingerprint density at radius 3 is 2.66 bits per heavy atom. The maximum absolute atomic E-state index is 13.4. The molecule has 5 nitrogen and oxygen atoms in total. The molecular formula is C24H26N4O. The molecule has 148 valence electrons. The molecule has 0 aliphatic heterocycles. The molecule has 1 fully saturated rings. The van der Waals surface area contributed by atoms with Crippen molar-refractivity contribution >= 4 is 16.6 Å². The van der Waals surface area contributed by atoms with E-state index in [1.54, 1.807) is 6.20 Å². The fourth-order valence-electron chi connectivity index (χ4n) is 4.94. The van der Waals surface area contributed by atoms with E-state index in [0.29, 0.717) is 17.2 Å². The maximum Gasteiger partial charge on any atom is 0.261 e. The van der Waals surface area contributed by atoms with Gasteiger partial charge >= 0.3 is 0 Å². The van der Waals surface area contributed by atoms with E-state index in [4.69, 9.17) is 5.10 Å². The molecule has 4 aromatic rings. The van der Waals surface area contributed by atoms with Crippen LogP contribution in [0, 0.1) is 18.8 Å². The van der Waals surface area contributed by atoms with Crippen LogP contribution in [0.2, 0.25) is 0 Å². The summed E-state index contributed by atoms with van der Waals surface area (Å²) in [6, 6.07) is 12.5. The van der Waals surface area contributed by atoms with E-state index < -0.39 is 0 Å². The zero-order chi connectivity index (χ0) is 20.1. The molecule has 5 heteroatoms. The van der Waals surface area contributed by atoms with Crippen molar-refractivity contribution in [1.29, 1.82) is 0 Å². The standard InChI is InChI=1S/C24H26N4O/c1-15-8-7-11-20(16(15)2)27-13-12-21-19(24(27)29)14-25-23-22(17(3)26-28(21)23)18-9-5-4-6-10-18/h4-6,9-10,12-16,20H,7-8,11H2,1-3H3/t15-,16+,20-/m1/s1. The van der Waals surface area contributed by atoms with E-state index in [1.165, 1.54) is 12.8 Å². The first-order chi connectivity index (χ1) is 14.1. The number of hydrogen-bond acceptors (Lipinski definition) is 3. The first-order valence-electron chi connectivity index (χ1n) is 10.5. The second-order valence-corrected chi connectivity index (χ2v) is 8.48. The molecule has 3 heterocycles. The zero-order valence-electron chi connectivity index (χ0n) is 17.2. The normalized spacial score (nSPS) is 22.4.